The zero-order chi connectivity index (χ0) is 9.19. The first-order chi connectivity index (χ1) is 5.61. The molecule has 2 atom stereocenters. The van der Waals surface area contributed by atoms with Gasteiger partial charge in [0.05, 0.1) is 12.1 Å². The van der Waals surface area contributed by atoms with E-state index in [1.807, 2.05) is 6.92 Å². The van der Waals surface area contributed by atoms with Crippen molar-refractivity contribution in [1.82, 2.24) is 0 Å². The Bertz CT molecular complexity index is 178. The smallest absolute Gasteiger partial charge is 0.237 e. The van der Waals surface area contributed by atoms with Crippen molar-refractivity contribution in [2.24, 2.45) is 17.4 Å². The van der Waals surface area contributed by atoms with Gasteiger partial charge in [-0.1, -0.05) is 6.92 Å². The molecule has 4 heteroatoms. The first-order valence-electron chi connectivity index (χ1n) is 4.27. The maximum absolute atomic E-state index is 11.1. The van der Waals surface area contributed by atoms with Gasteiger partial charge in [0.2, 0.25) is 5.91 Å². The van der Waals surface area contributed by atoms with Crippen LogP contribution in [0, 0.1) is 5.92 Å². The Morgan fingerprint density at radius 3 is 2.75 bits per heavy atom. The van der Waals surface area contributed by atoms with Crippen LogP contribution in [-0.2, 0) is 9.53 Å². The highest BCUT2D eigenvalue weighted by molar-refractivity contribution is 5.84. The van der Waals surface area contributed by atoms with E-state index in [9.17, 15) is 4.79 Å². The minimum absolute atomic E-state index is 0.0972. The molecule has 4 N–H and O–H groups in total. The number of amides is 1. The number of hydrogen-bond acceptors (Lipinski definition) is 3. The fourth-order valence-electron chi connectivity index (χ4n) is 1.60. The third-order valence-corrected chi connectivity index (χ3v) is 2.70. The molecule has 2 unspecified atom stereocenters. The molecule has 1 rings (SSSR count). The lowest BCUT2D eigenvalue weighted by atomic mass is 9.81. The van der Waals surface area contributed by atoms with Gasteiger partial charge in [0.25, 0.3) is 0 Å². The molecule has 1 saturated heterocycles. The van der Waals surface area contributed by atoms with Crippen LogP contribution >= 0.6 is 0 Å². The summed E-state index contributed by atoms with van der Waals surface area (Å²) in [5, 5.41) is 0. The molecule has 1 aliphatic rings. The standard InChI is InChI=1S/C8H16N2O2/c1-2-8(10,7(9)11)6-3-4-12-5-6/h6H,2-5,10H2,1H3,(H2,9,11). The van der Waals surface area contributed by atoms with Gasteiger partial charge < -0.3 is 16.2 Å². The van der Waals surface area contributed by atoms with Crippen molar-refractivity contribution in [3.8, 4) is 0 Å². The molecule has 12 heavy (non-hydrogen) atoms. The van der Waals surface area contributed by atoms with Gasteiger partial charge in [-0.2, -0.15) is 0 Å². The van der Waals surface area contributed by atoms with Crippen LogP contribution in [-0.4, -0.2) is 24.7 Å². The van der Waals surface area contributed by atoms with Crippen molar-refractivity contribution in [2.45, 2.75) is 25.3 Å². The number of rotatable bonds is 3. The predicted molar refractivity (Wildman–Crippen MR) is 45.3 cm³/mol. The molecule has 1 aliphatic heterocycles. The molecule has 1 amide bonds. The van der Waals surface area contributed by atoms with E-state index in [0.29, 0.717) is 19.6 Å². The summed E-state index contributed by atoms with van der Waals surface area (Å²) in [5.74, 6) is -0.319. The van der Waals surface area contributed by atoms with Gasteiger partial charge in [0, 0.05) is 12.5 Å². The van der Waals surface area contributed by atoms with E-state index >= 15 is 0 Å². The highest BCUT2D eigenvalue weighted by atomic mass is 16.5. The summed E-state index contributed by atoms with van der Waals surface area (Å²) in [4.78, 5) is 11.1. The third kappa shape index (κ3) is 1.44. The summed E-state index contributed by atoms with van der Waals surface area (Å²) in [6.45, 7) is 3.13. The molecular formula is C8H16N2O2. The molecule has 0 aromatic rings. The summed E-state index contributed by atoms with van der Waals surface area (Å²) in [7, 11) is 0. The van der Waals surface area contributed by atoms with Gasteiger partial charge >= 0.3 is 0 Å². The maximum Gasteiger partial charge on any atom is 0.237 e. The summed E-state index contributed by atoms with van der Waals surface area (Å²) < 4.78 is 5.17. The second-order valence-electron chi connectivity index (χ2n) is 3.32. The van der Waals surface area contributed by atoms with Crippen LogP contribution in [0.2, 0.25) is 0 Å². The average Bonchev–Trinajstić information content (AvgIpc) is 2.54. The van der Waals surface area contributed by atoms with E-state index < -0.39 is 11.4 Å². The SMILES string of the molecule is CCC(N)(C(N)=O)C1CCOC1. The van der Waals surface area contributed by atoms with Crippen LogP contribution in [0.4, 0.5) is 0 Å². The van der Waals surface area contributed by atoms with Crippen molar-refractivity contribution in [3.63, 3.8) is 0 Å². The van der Waals surface area contributed by atoms with Crippen molar-refractivity contribution < 1.29 is 9.53 Å². The number of primary amides is 1. The van der Waals surface area contributed by atoms with E-state index in [1.54, 1.807) is 0 Å². The van der Waals surface area contributed by atoms with Crippen LogP contribution in [0.5, 0.6) is 0 Å². The Morgan fingerprint density at radius 2 is 2.42 bits per heavy atom. The molecule has 0 aliphatic carbocycles. The number of carbonyl (C=O) groups is 1. The van der Waals surface area contributed by atoms with Gasteiger partial charge in [-0.05, 0) is 12.8 Å². The Balaban J connectivity index is 2.70. The second kappa shape index (κ2) is 3.41. The number of nitrogens with two attached hydrogens (primary N) is 2. The first kappa shape index (κ1) is 9.48. The summed E-state index contributed by atoms with van der Waals surface area (Å²) in [6, 6.07) is 0. The largest absolute Gasteiger partial charge is 0.381 e. The topological polar surface area (TPSA) is 78.3 Å². The minimum atomic E-state index is -0.865. The lowest BCUT2D eigenvalue weighted by molar-refractivity contribution is -0.125. The normalized spacial score (nSPS) is 28.3. The zero-order valence-electron chi connectivity index (χ0n) is 7.38. The second-order valence-corrected chi connectivity index (χ2v) is 3.32. The predicted octanol–water partition coefficient (Wildman–Crippen LogP) is -0.384. The summed E-state index contributed by atoms with van der Waals surface area (Å²) in [5.41, 5.74) is 10.3. The average molecular weight is 172 g/mol. The van der Waals surface area contributed by atoms with Crippen molar-refractivity contribution in [1.29, 1.82) is 0 Å². The van der Waals surface area contributed by atoms with Crippen molar-refractivity contribution in [2.75, 3.05) is 13.2 Å². The van der Waals surface area contributed by atoms with Crippen LogP contribution in [0.25, 0.3) is 0 Å². The highest BCUT2D eigenvalue weighted by Crippen LogP contribution is 2.26. The molecule has 0 aromatic heterocycles. The summed E-state index contributed by atoms with van der Waals surface area (Å²) >= 11 is 0. The Morgan fingerprint density at radius 1 is 1.75 bits per heavy atom. The lowest BCUT2D eigenvalue weighted by Gasteiger charge is -2.29. The zero-order valence-corrected chi connectivity index (χ0v) is 7.38. The van der Waals surface area contributed by atoms with Crippen LogP contribution < -0.4 is 11.5 Å². The Hall–Kier alpha value is -0.610. The van der Waals surface area contributed by atoms with E-state index in [0.717, 1.165) is 6.42 Å². The minimum Gasteiger partial charge on any atom is -0.381 e. The van der Waals surface area contributed by atoms with Crippen molar-refractivity contribution in [3.05, 3.63) is 0 Å². The Labute approximate surface area is 72.2 Å². The van der Waals surface area contributed by atoms with Gasteiger partial charge in [-0.3, -0.25) is 4.79 Å². The molecule has 1 heterocycles. The monoisotopic (exact) mass is 172 g/mol. The van der Waals surface area contributed by atoms with Gasteiger partial charge in [0.1, 0.15) is 0 Å². The van der Waals surface area contributed by atoms with E-state index in [2.05, 4.69) is 0 Å². The van der Waals surface area contributed by atoms with E-state index in [4.69, 9.17) is 16.2 Å². The molecule has 4 nitrogen and oxygen atoms in total. The fourth-order valence-corrected chi connectivity index (χ4v) is 1.60. The van der Waals surface area contributed by atoms with Gasteiger partial charge in [-0.25, -0.2) is 0 Å². The van der Waals surface area contributed by atoms with Crippen LogP contribution in [0.1, 0.15) is 19.8 Å². The van der Waals surface area contributed by atoms with Crippen LogP contribution in [0.15, 0.2) is 0 Å². The molecule has 0 aromatic carbocycles. The number of ether oxygens (including phenoxy) is 1. The summed E-state index contributed by atoms with van der Waals surface area (Å²) in [6.07, 6.45) is 1.42. The quantitative estimate of drug-likeness (QED) is 0.609. The molecule has 0 spiro atoms. The molecule has 70 valence electrons. The molecule has 0 radical (unpaired) electrons. The lowest BCUT2D eigenvalue weighted by Crippen LogP contribution is -2.57. The molecular weight excluding hydrogens is 156 g/mol. The van der Waals surface area contributed by atoms with Gasteiger partial charge in [0.15, 0.2) is 0 Å². The van der Waals surface area contributed by atoms with E-state index in [1.165, 1.54) is 0 Å². The number of carbonyl (C=O) groups excluding carboxylic acids is 1. The maximum atomic E-state index is 11.1. The first-order valence-corrected chi connectivity index (χ1v) is 4.27. The number of hydrogen-bond donors (Lipinski definition) is 2. The molecule has 0 saturated carbocycles. The van der Waals surface area contributed by atoms with Crippen LogP contribution in [0.3, 0.4) is 0 Å². The van der Waals surface area contributed by atoms with Crippen molar-refractivity contribution >= 4 is 5.91 Å². The van der Waals surface area contributed by atoms with E-state index in [-0.39, 0.29) is 5.92 Å². The molecule has 1 fully saturated rings. The third-order valence-electron chi connectivity index (χ3n) is 2.70. The highest BCUT2D eigenvalue weighted by Gasteiger charge is 2.40. The molecule has 0 bridgehead atoms. The Kier molecular flexibility index (Phi) is 2.69. The fraction of sp³-hybridized carbons (Fsp3) is 0.875. The van der Waals surface area contributed by atoms with Gasteiger partial charge in [-0.15, -0.1) is 0 Å².